The summed E-state index contributed by atoms with van der Waals surface area (Å²) in [5.41, 5.74) is 27.3. The Morgan fingerprint density at radius 3 is 1.71 bits per heavy atom. The summed E-state index contributed by atoms with van der Waals surface area (Å²) in [4.78, 5) is 14.6. The molecule has 0 unspecified atom stereocenters. The van der Waals surface area contributed by atoms with Crippen LogP contribution in [0.2, 0.25) is 0 Å². The number of aryl methyl sites for hydroxylation is 7. The van der Waals surface area contributed by atoms with Crippen LogP contribution in [-0.4, -0.2) is 19.5 Å². The third-order valence-electron chi connectivity index (χ3n) is 9.46. The van der Waals surface area contributed by atoms with E-state index in [1.54, 1.807) is 0 Å². The molecule has 0 atom stereocenters. The van der Waals surface area contributed by atoms with Crippen molar-refractivity contribution >= 4 is 51.1 Å². The first-order chi connectivity index (χ1) is 20.3. The van der Waals surface area contributed by atoms with Gasteiger partial charge >= 0.3 is 0 Å². The Kier molecular flexibility index (Phi) is 8.50. The normalized spacial score (nSPS) is 13.1. The molecule has 0 saturated carbocycles. The summed E-state index contributed by atoms with van der Waals surface area (Å²) in [6.45, 7) is 21.3. The van der Waals surface area contributed by atoms with E-state index < -0.39 is 0 Å². The zero-order valence-electron chi connectivity index (χ0n) is 27.3. The zero-order chi connectivity index (χ0) is 30.3. The second-order valence-corrected chi connectivity index (χ2v) is 11.4. The van der Waals surface area contributed by atoms with Crippen molar-refractivity contribution in [1.29, 1.82) is 0 Å². The molecule has 5 rings (SSSR count). The SMILES string of the molecule is CCC1=C(C)c2nc1c(CC)c1c(CC)c(CC)c(c(CC)c3nc(c(CC)c4cc(N)c([nH]4)c2CC)C=C3)n1CC. The highest BCUT2D eigenvalue weighted by atomic mass is 15.0. The van der Waals surface area contributed by atoms with Gasteiger partial charge in [-0.3, -0.25) is 0 Å². The van der Waals surface area contributed by atoms with Crippen LogP contribution < -0.4 is 5.73 Å². The second kappa shape index (κ2) is 11.9. The van der Waals surface area contributed by atoms with Gasteiger partial charge in [0.25, 0.3) is 0 Å². The molecule has 0 fully saturated rings. The summed E-state index contributed by atoms with van der Waals surface area (Å²) in [5.74, 6) is 0. The molecule has 222 valence electrons. The molecule has 5 heterocycles. The standard InChI is InChI=1S/C37H49N5/c1-10-22-21(9)33-27(15-6)35-29(38)20-32(40-35)25(13-4)30-18-19-31(39-30)26(14-5)36-23(11-2)24(12-3)37(42(36)17-8)28(16-7)34(22)41-33/h18-20,40H,10-17,38H2,1-9H3. The van der Waals surface area contributed by atoms with Crippen LogP contribution in [0, 0.1) is 0 Å². The molecule has 0 radical (unpaired) electrons. The van der Waals surface area contributed by atoms with Gasteiger partial charge in [0.2, 0.25) is 0 Å². The minimum absolute atomic E-state index is 0.774. The fourth-order valence-electron chi connectivity index (χ4n) is 7.52. The molecule has 2 aliphatic rings. The Hall–Kier alpha value is -3.60. The van der Waals surface area contributed by atoms with Crippen molar-refractivity contribution in [2.24, 2.45) is 0 Å². The van der Waals surface area contributed by atoms with Gasteiger partial charge in [0, 0.05) is 34.3 Å². The molecule has 0 amide bonds. The molecule has 3 N–H and O–H groups in total. The number of allylic oxidation sites excluding steroid dienone is 2. The Bertz CT molecular complexity index is 1770. The van der Waals surface area contributed by atoms with Crippen LogP contribution in [0.5, 0.6) is 0 Å². The van der Waals surface area contributed by atoms with Crippen LogP contribution >= 0.6 is 0 Å². The van der Waals surface area contributed by atoms with Gasteiger partial charge in [0.1, 0.15) is 0 Å². The van der Waals surface area contributed by atoms with Crippen LogP contribution in [0.25, 0.3) is 45.4 Å². The predicted octanol–water partition coefficient (Wildman–Crippen LogP) is 9.28. The first-order valence-electron chi connectivity index (χ1n) is 16.3. The van der Waals surface area contributed by atoms with Crippen molar-refractivity contribution in [2.75, 3.05) is 5.73 Å². The smallest absolute Gasteiger partial charge is 0.0725 e. The monoisotopic (exact) mass is 563 g/mol. The van der Waals surface area contributed by atoms with E-state index in [-0.39, 0.29) is 0 Å². The number of rotatable bonds is 8. The summed E-state index contributed by atoms with van der Waals surface area (Å²) in [6.07, 6.45) is 10.9. The fourth-order valence-corrected chi connectivity index (χ4v) is 7.52. The zero-order valence-corrected chi connectivity index (χ0v) is 27.3. The molecule has 0 aromatic carbocycles. The largest absolute Gasteiger partial charge is 0.397 e. The van der Waals surface area contributed by atoms with E-state index in [0.717, 1.165) is 85.3 Å². The molecule has 8 bridgehead atoms. The number of aromatic amines is 1. The van der Waals surface area contributed by atoms with E-state index in [0.29, 0.717) is 0 Å². The maximum atomic E-state index is 6.76. The van der Waals surface area contributed by atoms with Gasteiger partial charge in [-0.05, 0) is 99.3 Å². The number of anilines is 1. The van der Waals surface area contributed by atoms with Crippen LogP contribution in [0.3, 0.4) is 0 Å². The first kappa shape index (κ1) is 29.9. The van der Waals surface area contributed by atoms with E-state index in [2.05, 4.69) is 90.1 Å². The lowest BCUT2D eigenvalue weighted by atomic mass is 9.95. The molecular weight excluding hydrogens is 514 g/mol. The number of nitrogens with two attached hydrogens (primary N) is 1. The van der Waals surface area contributed by atoms with Gasteiger partial charge in [-0.15, -0.1) is 0 Å². The highest BCUT2D eigenvalue weighted by molar-refractivity contribution is 5.97. The average molecular weight is 564 g/mol. The Labute approximate surface area is 252 Å². The minimum Gasteiger partial charge on any atom is -0.397 e. The molecule has 2 aliphatic heterocycles. The van der Waals surface area contributed by atoms with Crippen LogP contribution in [0.4, 0.5) is 5.69 Å². The molecular formula is C37H49N5. The number of fused-ring (bicyclic) bond motifs is 8. The topological polar surface area (TPSA) is 72.5 Å². The molecule has 0 aliphatic carbocycles. The highest BCUT2D eigenvalue weighted by Gasteiger charge is 2.26. The van der Waals surface area contributed by atoms with Crippen molar-refractivity contribution in [3.8, 4) is 0 Å². The van der Waals surface area contributed by atoms with Crippen molar-refractivity contribution < 1.29 is 0 Å². The van der Waals surface area contributed by atoms with E-state index >= 15 is 0 Å². The molecule has 42 heavy (non-hydrogen) atoms. The molecule has 5 nitrogen and oxygen atoms in total. The number of nitrogen functional groups attached to an aromatic ring is 1. The Balaban J connectivity index is 2.20. The van der Waals surface area contributed by atoms with Gasteiger partial charge in [-0.2, -0.15) is 0 Å². The van der Waals surface area contributed by atoms with Crippen molar-refractivity contribution in [2.45, 2.75) is 114 Å². The van der Waals surface area contributed by atoms with Gasteiger partial charge in [-0.1, -0.05) is 48.5 Å². The predicted molar refractivity (Wildman–Crippen MR) is 183 cm³/mol. The molecule has 3 aromatic rings. The molecule has 0 saturated heterocycles. The summed E-state index contributed by atoms with van der Waals surface area (Å²) in [6, 6.07) is 2.10. The van der Waals surface area contributed by atoms with Gasteiger partial charge in [0.15, 0.2) is 0 Å². The maximum Gasteiger partial charge on any atom is 0.0725 e. The quantitative estimate of drug-likeness (QED) is 0.224. The number of H-pyrrole nitrogens is 1. The van der Waals surface area contributed by atoms with Gasteiger partial charge in [-0.25, -0.2) is 9.97 Å². The van der Waals surface area contributed by atoms with Gasteiger partial charge in [0.05, 0.1) is 45.0 Å². The summed E-state index contributed by atoms with van der Waals surface area (Å²) >= 11 is 0. The van der Waals surface area contributed by atoms with E-state index in [9.17, 15) is 0 Å². The Morgan fingerprint density at radius 1 is 0.643 bits per heavy atom. The number of hydrogen-bond donors (Lipinski definition) is 2. The lowest BCUT2D eigenvalue weighted by Gasteiger charge is -2.12. The van der Waals surface area contributed by atoms with Gasteiger partial charge < -0.3 is 15.3 Å². The third-order valence-corrected chi connectivity index (χ3v) is 9.46. The second-order valence-electron chi connectivity index (χ2n) is 11.4. The van der Waals surface area contributed by atoms with E-state index in [1.807, 2.05) is 0 Å². The average Bonchev–Trinajstić information content (AvgIpc) is 3.76. The highest BCUT2D eigenvalue weighted by Crippen LogP contribution is 2.40. The van der Waals surface area contributed by atoms with Crippen LogP contribution in [-0.2, 0) is 45.1 Å². The number of nitrogens with one attached hydrogen (secondary N) is 1. The fraction of sp³-hybridized carbons (Fsp3) is 0.459. The van der Waals surface area contributed by atoms with Crippen molar-refractivity contribution in [1.82, 2.24) is 19.5 Å². The number of hydrogen-bond acceptors (Lipinski definition) is 3. The molecule has 5 heteroatoms. The van der Waals surface area contributed by atoms with Crippen molar-refractivity contribution in [3.05, 3.63) is 62.2 Å². The lowest BCUT2D eigenvalue weighted by molar-refractivity contribution is 0.810. The summed E-state index contributed by atoms with van der Waals surface area (Å²) in [5, 5.41) is 0. The molecule has 0 spiro atoms. The Morgan fingerprint density at radius 2 is 1.19 bits per heavy atom. The van der Waals surface area contributed by atoms with E-state index in [4.69, 9.17) is 15.7 Å². The lowest BCUT2D eigenvalue weighted by Crippen LogP contribution is -2.02. The van der Waals surface area contributed by atoms with Crippen LogP contribution in [0.1, 0.15) is 125 Å². The maximum absolute atomic E-state index is 6.76. The summed E-state index contributed by atoms with van der Waals surface area (Å²) < 4.78 is 2.60. The number of aromatic nitrogens is 4. The minimum atomic E-state index is 0.774. The van der Waals surface area contributed by atoms with Crippen molar-refractivity contribution in [3.63, 3.8) is 0 Å². The summed E-state index contributed by atoms with van der Waals surface area (Å²) in [7, 11) is 0. The number of nitrogens with zero attached hydrogens (tertiary/aromatic N) is 3. The first-order valence-corrected chi connectivity index (χ1v) is 16.3. The van der Waals surface area contributed by atoms with Crippen LogP contribution in [0.15, 0.2) is 6.07 Å². The third kappa shape index (κ3) is 4.44. The van der Waals surface area contributed by atoms with E-state index in [1.165, 1.54) is 61.3 Å². The molecule has 3 aromatic heterocycles.